The number of esters is 1. The van der Waals surface area contributed by atoms with Crippen molar-refractivity contribution in [1.29, 1.82) is 0 Å². The maximum atomic E-state index is 10.5. The molecule has 1 atom stereocenters. The first-order valence-electron chi connectivity index (χ1n) is 3.62. The first kappa shape index (κ1) is 10.7. The van der Waals surface area contributed by atoms with E-state index >= 15 is 0 Å². The molecule has 68 valence electrons. The van der Waals surface area contributed by atoms with Crippen molar-refractivity contribution in [2.45, 2.75) is 19.9 Å². The quantitative estimate of drug-likeness (QED) is 0.487. The summed E-state index contributed by atoms with van der Waals surface area (Å²) in [7, 11) is 0. The summed E-state index contributed by atoms with van der Waals surface area (Å²) in [6.07, 6.45) is 1.08. The highest BCUT2D eigenvalue weighted by molar-refractivity contribution is 5.81. The maximum absolute atomic E-state index is 10.5. The van der Waals surface area contributed by atoms with E-state index in [2.05, 4.69) is 16.6 Å². The van der Waals surface area contributed by atoms with Crippen LogP contribution in [0.25, 0.3) is 0 Å². The standard InChI is InChI=1S/C8H13NO3/c1-4-8(11)12-5-6(2)9-7(3)10/h4,6H,1,5H2,2-3H3,(H,9,10). The average molecular weight is 171 g/mol. The van der Waals surface area contributed by atoms with Crippen LogP contribution in [0.4, 0.5) is 0 Å². The topological polar surface area (TPSA) is 55.4 Å². The second-order valence-electron chi connectivity index (χ2n) is 2.44. The molecular formula is C8H13NO3. The van der Waals surface area contributed by atoms with Gasteiger partial charge in [-0.25, -0.2) is 4.79 Å². The zero-order valence-corrected chi connectivity index (χ0v) is 7.29. The van der Waals surface area contributed by atoms with E-state index in [9.17, 15) is 9.59 Å². The van der Waals surface area contributed by atoms with Gasteiger partial charge in [-0.1, -0.05) is 6.58 Å². The van der Waals surface area contributed by atoms with Crippen molar-refractivity contribution in [2.24, 2.45) is 0 Å². The van der Waals surface area contributed by atoms with Crippen molar-refractivity contribution < 1.29 is 14.3 Å². The molecule has 0 aliphatic carbocycles. The zero-order valence-electron chi connectivity index (χ0n) is 7.29. The van der Waals surface area contributed by atoms with Crippen LogP contribution >= 0.6 is 0 Å². The number of hydrogen-bond donors (Lipinski definition) is 1. The fourth-order valence-corrected chi connectivity index (χ4v) is 0.655. The SMILES string of the molecule is C=CC(=O)OCC(C)NC(C)=O. The normalized spacial score (nSPS) is 11.5. The average Bonchev–Trinajstić information content (AvgIpc) is 1.99. The molecule has 0 saturated carbocycles. The molecule has 0 spiro atoms. The second kappa shape index (κ2) is 5.35. The van der Waals surface area contributed by atoms with Crippen molar-refractivity contribution >= 4 is 11.9 Å². The van der Waals surface area contributed by atoms with Crippen LogP contribution in [-0.4, -0.2) is 24.5 Å². The maximum Gasteiger partial charge on any atom is 0.330 e. The Morgan fingerprint density at radius 2 is 2.25 bits per heavy atom. The van der Waals surface area contributed by atoms with E-state index < -0.39 is 5.97 Å². The van der Waals surface area contributed by atoms with Gasteiger partial charge in [-0.05, 0) is 6.92 Å². The van der Waals surface area contributed by atoms with E-state index in [1.807, 2.05) is 0 Å². The first-order valence-corrected chi connectivity index (χ1v) is 3.62. The Morgan fingerprint density at radius 1 is 1.67 bits per heavy atom. The molecule has 1 amide bonds. The monoisotopic (exact) mass is 171 g/mol. The van der Waals surface area contributed by atoms with Gasteiger partial charge in [0.05, 0.1) is 6.04 Å². The first-order chi connectivity index (χ1) is 5.56. The van der Waals surface area contributed by atoms with Crippen molar-refractivity contribution in [3.05, 3.63) is 12.7 Å². The Morgan fingerprint density at radius 3 is 2.67 bits per heavy atom. The summed E-state index contributed by atoms with van der Waals surface area (Å²) in [6.45, 7) is 6.57. The molecule has 12 heavy (non-hydrogen) atoms. The third kappa shape index (κ3) is 5.46. The summed E-state index contributed by atoms with van der Waals surface area (Å²) >= 11 is 0. The van der Waals surface area contributed by atoms with Gasteiger partial charge in [-0.2, -0.15) is 0 Å². The molecule has 1 N–H and O–H groups in total. The number of carbonyl (C=O) groups is 2. The highest BCUT2D eigenvalue weighted by Gasteiger charge is 2.04. The summed E-state index contributed by atoms with van der Waals surface area (Å²) in [5.74, 6) is -0.621. The minimum atomic E-state index is -0.479. The molecule has 0 fully saturated rings. The van der Waals surface area contributed by atoms with E-state index in [0.717, 1.165) is 6.08 Å². The van der Waals surface area contributed by atoms with Crippen LogP contribution in [0.5, 0.6) is 0 Å². The summed E-state index contributed by atoms with van der Waals surface area (Å²) in [4.78, 5) is 21.0. The van der Waals surface area contributed by atoms with E-state index in [0.29, 0.717) is 0 Å². The van der Waals surface area contributed by atoms with Crippen LogP contribution in [0.2, 0.25) is 0 Å². The predicted molar refractivity (Wildman–Crippen MR) is 44.4 cm³/mol. The Hall–Kier alpha value is -1.32. The number of carbonyl (C=O) groups excluding carboxylic acids is 2. The van der Waals surface area contributed by atoms with Crippen LogP contribution in [0.1, 0.15) is 13.8 Å². The molecule has 0 aliphatic rings. The third-order valence-electron chi connectivity index (χ3n) is 1.09. The number of rotatable bonds is 4. The lowest BCUT2D eigenvalue weighted by Crippen LogP contribution is -2.34. The molecule has 0 radical (unpaired) electrons. The molecule has 0 aromatic carbocycles. The fourth-order valence-electron chi connectivity index (χ4n) is 0.655. The molecule has 0 saturated heterocycles. The highest BCUT2D eigenvalue weighted by Crippen LogP contribution is 1.85. The molecule has 0 aliphatic heterocycles. The van der Waals surface area contributed by atoms with Crippen LogP contribution in [0, 0.1) is 0 Å². The zero-order chi connectivity index (χ0) is 9.56. The Bertz CT molecular complexity index is 189. The van der Waals surface area contributed by atoms with Crippen LogP contribution in [0.3, 0.4) is 0 Å². The predicted octanol–water partition coefficient (Wildman–Crippen LogP) is 0.240. The van der Waals surface area contributed by atoms with Crippen LogP contribution in [-0.2, 0) is 14.3 Å². The number of nitrogens with one attached hydrogen (secondary N) is 1. The number of hydrogen-bond acceptors (Lipinski definition) is 3. The summed E-state index contributed by atoms with van der Waals surface area (Å²) < 4.78 is 4.68. The van der Waals surface area contributed by atoms with E-state index in [1.165, 1.54) is 6.92 Å². The van der Waals surface area contributed by atoms with Gasteiger partial charge in [-0.15, -0.1) is 0 Å². The molecule has 4 heteroatoms. The van der Waals surface area contributed by atoms with Gasteiger partial charge in [-0.3, -0.25) is 4.79 Å². The van der Waals surface area contributed by atoms with Gasteiger partial charge in [0, 0.05) is 13.0 Å². The summed E-state index contributed by atoms with van der Waals surface area (Å²) in [5.41, 5.74) is 0. The van der Waals surface area contributed by atoms with Gasteiger partial charge in [0.1, 0.15) is 6.61 Å². The molecule has 1 unspecified atom stereocenters. The van der Waals surface area contributed by atoms with E-state index in [1.54, 1.807) is 6.92 Å². The second-order valence-corrected chi connectivity index (χ2v) is 2.44. The van der Waals surface area contributed by atoms with Crippen LogP contribution < -0.4 is 5.32 Å². The summed E-state index contributed by atoms with van der Waals surface area (Å²) in [6, 6.07) is -0.161. The van der Waals surface area contributed by atoms with Crippen molar-refractivity contribution in [2.75, 3.05) is 6.61 Å². The fraction of sp³-hybridized carbons (Fsp3) is 0.500. The minimum Gasteiger partial charge on any atom is -0.460 e. The van der Waals surface area contributed by atoms with E-state index in [4.69, 9.17) is 0 Å². The molecule has 0 rings (SSSR count). The van der Waals surface area contributed by atoms with Crippen molar-refractivity contribution in [1.82, 2.24) is 5.32 Å². The van der Waals surface area contributed by atoms with Crippen molar-refractivity contribution in [3.8, 4) is 0 Å². The number of amides is 1. The van der Waals surface area contributed by atoms with Gasteiger partial charge >= 0.3 is 5.97 Å². The summed E-state index contributed by atoms with van der Waals surface area (Å²) in [5, 5.41) is 2.57. The van der Waals surface area contributed by atoms with Gasteiger partial charge in [0.15, 0.2) is 0 Å². The Labute approximate surface area is 71.6 Å². The smallest absolute Gasteiger partial charge is 0.330 e. The lowest BCUT2D eigenvalue weighted by atomic mass is 10.3. The van der Waals surface area contributed by atoms with Gasteiger partial charge < -0.3 is 10.1 Å². The molecule has 0 aromatic heterocycles. The largest absolute Gasteiger partial charge is 0.460 e. The lowest BCUT2D eigenvalue weighted by Gasteiger charge is -2.11. The number of ether oxygens (including phenoxy) is 1. The van der Waals surface area contributed by atoms with E-state index in [-0.39, 0.29) is 18.6 Å². The molecule has 0 aromatic rings. The molecular weight excluding hydrogens is 158 g/mol. The van der Waals surface area contributed by atoms with Crippen LogP contribution in [0.15, 0.2) is 12.7 Å². The molecule has 0 heterocycles. The minimum absolute atomic E-state index is 0.142. The molecule has 0 bridgehead atoms. The van der Waals surface area contributed by atoms with Gasteiger partial charge in [0.2, 0.25) is 5.91 Å². The van der Waals surface area contributed by atoms with Crippen molar-refractivity contribution in [3.63, 3.8) is 0 Å². The Balaban J connectivity index is 3.56. The third-order valence-corrected chi connectivity index (χ3v) is 1.09. The highest BCUT2D eigenvalue weighted by atomic mass is 16.5. The van der Waals surface area contributed by atoms with Gasteiger partial charge in [0.25, 0.3) is 0 Å². The molecule has 4 nitrogen and oxygen atoms in total. The Kier molecular flexibility index (Phi) is 4.76. The lowest BCUT2D eigenvalue weighted by molar-refractivity contribution is -0.139.